The Balaban J connectivity index is 1.71. The number of aromatic nitrogens is 2. The van der Waals surface area contributed by atoms with Gasteiger partial charge in [0.1, 0.15) is 5.82 Å². The van der Waals surface area contributed by atoms with Crippen LogP contribution in [-0.2, 0) is 0 Å². The Hall–Kier alpha value is -2.29. The van der Waals surface area contributed by atoms with Gasteiger partial charge in [-0.05, 0) is 35.4 Å². The van der Waals surface area contributed by atoms with E-state index in [-0.39, 0.29) is 0 Å². The highest BCUT2D eigenvalue weighted by Crippen LogP contribution is 2.30. The fourth-order valence-corrected chi connectivity index (χ4v) is 2.88. The molecule has 0 aliphatic carbocycles. The fraction of sp³-hybridized carbons (Fsp3) is 0. The Morgan fingerprint density at radius 2 is 1.39 bits per heavy atom. The van der Waals surface area contributed by atoms with Gasteiger partial charge in [-0.25, -0.2) is 4.98 Å². The summed E-state index contributed by atoms with van der Waals surface area (Å²) < 4.78 is 0. The van der Waals surface area contributed by atoms with Crippen LogP contribution in [-0.4, -0.2) is 9.97 Å². The van der Waals surface area contributed by atoms with Gasteiger partial charge in [0, 0.05) is 5.56 Å². The molecule has 23 heavy (non-hydrogen) atoms. The zero-order chi connectivity index (χ0) is 15.8. The Kier molecular flexibility index (Phi) is 3.56. The predicted octanol–water partition coefficient (Wildman–Crippen LogP) is 6.20. The van der Waals surface area contributed by atoms with Crippen molar-refractivity contribution in [1.29, 1.82) is 0 Å². The molecule has 0 unspecified atom stereocenters. The maximum Gasteiger partial charge on any atom is 0.138 e. The molecule has 3 aromatic carbocycles. The fourth-order valence-electron chi connectivity index (χ4n) is 2.59. The molecule has 0 atom stereocenters. The van der Waals surface area contributed by atoms with E-state index in [9.17, 15) is 0 Å². The van der Waals surface area contributed by atoms with Crippen LogP contribution in [0.2, 0.25) is 10.0 Å². The van der Waals surface area contributed by atoms with Crippen molar-refractivity contribution in [3.63, 3.8) is 0 Å². The van der Waals surface area contributed by atoms with Gasteiger partial charge >= 0.3 is 0 Å². The summed E-state index contributed by atoms with van der Waals surface area (Å²) in [5.74, 6) is 0.867. The SMILES string of the molecule is Clc1ccc(-c2ccc(-c3nc4ccccc4[nH]3)cc2)cc1Cl. The van der Waals surface area contributed by atoms with E-state index in [4.69, 9.17) is 23.2 Å². The molecule has 0 aliphatic heterocycles. The largest absolute Gasteiger partial charge is 0.338 e. The van der Waals surface area contributed by atoms with Crippen LogP contribution in [0, 0.1) is 0 Å². The average molecular weight is 339 g/mol. The minimum Gasteiger partial charge on any atom is -0.338 e. The minimum atomic E-state index is 0.561. The highest BCUT2D eigenvalue weighted by Gasteiger charge is 2.06. The van der Waals surface area contributed by atoms with Gasteiger partial charge in [-0.15, -0.1) is 0 Å². The van der Waals surface area contributed by atoms with Crippen molar-refractivity contribution >= 4 is 34.2 Å². The van der Waals surface area contributed by atoms with Crippen LogP contribution in [0.4, 0.5) is 0 Å². The molecule has 4 heteroatoms. The van der Waals surface area contributed by atoms with E-state index < -0.39 is 0 Å². The molecule has 1 N–H and O–H groups in total. The van der Waals surface area contributed by atoms with Crippen molar-refractivity contribution in [2.24, 2.45) is 0 Å². The van der Waals surface area contributed by atoms with E-state index in [2.05, 4.69) is 34.2 Å². The summed E-state index contributed by atoms with van der Waals surface area (Å²) in [7, 11) is 0. The van der Waals surface area contributed by atoms with Crippen LogP contribution in [0.15, 0.2) is 66.7 Å². The van der Waals surface area contributed by atoms with Gasteiger partial charge in [0.2, 0.25) is 0 Å². The van der Waals surface area contributed by atoms with Crippen molar-refractivity contribution in [1.82, 2.24) is 9.97 Å². The van der Waals surface area contributed by atoms with E-state index in [1.54, 1.807) is 0 Å². The number of nitrogens with zero attached hydrogens (tertiary/aromatic N) is 1. The quantitative estimate of drug-likeness (QED) is 0.462. The number of imidazole rings is 1. The minimum absolute atomic E-state index is 0.561. The third-order valence-electron chi connectivity index (χ3n) is 3.80. The number of H-pyrrole nitrogens is 1. The first-order chi connectivity index (χ1) is 11.2. The molecule has 4 aromatic rings. The molecule has 112 valence electrons. The molecule has 0 aliphatic rings. The van der Waals surface area contributed by atoms with Gasteiger partial charge in [0.05, 0.1) is 21.1 Å². The molecular weight excluding hydrogens is 327 g/mol. The van der Waals surface area contributed by atoms with E-state index in [1.165, 1.54) is 0 Å². The van der Waals surface area contributed by atoms with Gasteiger partial charge in [-0.3, -0.25) is 0 Å². The maximum atomic E-state index is 6.09. The molecule has 0 radical (unpaired) electrons. The Morgan fingerprint density at radius 1 is 0.696 bits per heavy atom. The second-order valence-electron chi connectivity index (χ2n) is 5.31. The van der Waals surface area contributed by atoms with Crippen LogP contribution < -0.4 is 0 Å². The number of fused-ring (bicyclic) bond motifs is 1. The van der Waals surface area contributed by atoms with Crippen LogP contribution in [0.1, 0.15) is 0 Å². The van der Waals surface area contributed by atoms with Crippen LogP contribution >= 0.6 is 23.2 Å². The van der Waals surface area contributed by atoms with E-state index in [1.807, 2.05) is 42.5 Å². The summed E-state index contributed by atoms with van der Waals surface area (Å²) in [6.45, 7) is 0. The van der Waals surface area contributed by atoms with Gasteiger partial charge in [-0.2, -0.15) is 0 Å². The van der Waals surface area contributed by atoms with E-state index >= 15 is 0 Å². The summed E-state index contributed by atoms with van der Waals surface area (Å²) in [6, 6.07) is 21.9. The molecule has 0 saturated carbocycles. The summed E-state index contributed by atoms with van der Waals surface area (Å²) in [4.78, 5) is 7.95. The number of rotatable bonds is 2. The highest BCUT2D eigenvalue weighted by atomic mass is 35.5. The van der Waals surface area contributed by atoms with Crippen molar-refractivity contribution in [3.8, 4) is 22.5 Å². The molecule has 0 spiro atoms. The molecule has 1 aromatic heterocycles. The van der Waals surface area contributed by atoms with E-state index in [0.717, 1.165) is 33.5 Å². The number of benzene rings is 3. The Morgan fingerprint density at radius 3 is 2.13 bits per heavy atom. The molecular formula is C19H12Cl2N2. The topological polar surface area (TPSA) is 28.7 Å². The lowest BCUT2D eigenvalue weighted by Crippen LogP contribution is -1.82. The van der Waals surface area contributed by atoms with Crippen molar-refractivity contribution < 1.29 is 0 Å². The Labute approximate surface area is 143 Å². The van der Waals surface area contributed by atoms with Gasteiger partial charge in [-0.1, -0.05) is 65.7 Å². The summed E-state index contributed by atoms with van der Waals surface area (Å²) in [5, 5.41) is 1.12. The standard InChI is InChI=1S/C19H12Cl2N2/c20-15-10-9-14(11-16(15)21)12-5-7-13(8-6-12)19-22-17-3-1-2-4-18(17)23-19/h1-11H,(H,22,23). The van der Waals surface area contributed by atoms with Crippen molar-refractivity contribution in [2.45, 2.75) is 0 Å². The zero-order valence-electron chi connectivity index (χ0n) is 12.1. The lowest BCUT2D eigenvalue weighted by atomic mass is 10.0. The number of nitrogens with one attached hydrogen (secondary N) is 1. The lowest BCUT2D eigenvalue weighted by molar-refractivity contribution is 1.34. The number of para-hydroxylation sites is 2. The number of halogens is 2. The molecule has 0 fully saturated rings. The highest BCUT2D eigenvalue weighted by molar-refractivity contribution is 6.42. The molecule has 0 bridgehead atoms. The van der Waals surface area contributed by atoms with Gasteiger partial charge in [0.15, 0.2) is 0 Å². The summed E-state index contributed by atoms with van der Waals surface area (Å²) in [5.41, 5.74) is 5.18. The first-order valence-corrected chi connectivity index (χ1v) is 7.97. The second kappa shape index (κ2) is 5.73. The summed E-state index contributed by atoms with van der Waals surface area (Å²) in [6.07, 6.45) is 0. The third-order valence-corrected chi connectivity index (χ3v) is 4.54. The van der Waals surface area contributed by atoms with E-state index in [0.29, 0.717) is 10.0 Å². The maximum absolute atomic E-state index is 6.09. The third kappa shape index (κ3) is 2.72. The monoisotopic (exact) mass is 338 g/mol. The number of aromatic amines is 1. The van der Waals surface area contributed by atoms with Gasteiger partial charge < -0.3 is 4.98 Å². The molecule has 4 rings (SSSR count). The second-order valence-corrected chi connectivity index (χ2v) is 6.12. The molecule has 2 nitrogen and oxygen atoms in total. The molecule has 1 heterocycles. The van der Waals surface area contributed by atoms with Crippen LogP contribution in [0.5, 0.6) is 0 Å². The zero-order valence-corrected chi connectivity index (χ0v) is 13.6. The Bertz CT molecular complexity index is 955. The summed E-state index contributed by atoms with van der Waals surface area (Å²) >= 11 is 12.1. The first-order valence-electron chi connectivity index (χ1n) is 7.21. The molecule has 0 amide bonds. The lowest BCUT2D eigenvalue weighted by Gasteiger charge is -2.04. The van der Waals surface area contributed by atoms with Crippen molar-refractivity contribution in [2.75, 3.05) is 0 Å². The van der Waals surface area contributed by atoms with Crippen molar-refractivity contribution in [3.05, 3.63) is 76.8 Å². The van der Waals surface area contributed by atoms with Crippen LogP contribution in [0.3, 0.4) is 0 Å². The molecule has 0 saturated heterocycles. The number of hydrogen-bond donors (Lipinski definition) is 1. The predicted molar refractivity (Wildman–Crippen MR) is 97.0 cm³/mol. The number of hydrogen-bond acceptors (Lipinski definition) is 1. The smallest absolute Gasteiger partial charge is 0.138 e. The van der Waals surface area contributed by atoms with Gasteiger partial charge in [0.25, 0.3) is 0 Å². The first kappa shape index (κ1) is 14.3. The average Bonchev–Trinajstić information content (AvgIpc) is 3.02. The normalized spacial score (nSPS) is 11.0. The van der Waals surface area contributed by atoms with Crippen LogP contribution in [0.25, 0.3) is 33.5 Å².